The molecule has 98 valence electrons. The highest BCUT2D eigenvalue weighted by Crippen LogP contribution is 2.31. The molecule has 0 saturated heterocycles. The van der Waals surface area contributed by atoms with Gasteiger partial charge in [-0.25, -0.2) is 9.97 Å². The van der Waals surface area contributed by atoms with Crippen molar-refractivity contribution in [3.05, 3.63) is 34.2 Å². The van der Waals surface area contributed by atoms with E-state index in [0.29, 0.717) is 16.0 Å². The molecule has 0 aromatic carbocycles. The number of hydrogen-bond donors (Lipinski definition) is 1. The molecular weight excluding hydrogens is 284 g/mol. The zero-order chi connectivity index (χ0) is 13.2. The van der Waals surface area contributed by atoms with Crippen LogP contribution in [0.3, 0.4) is 0 Å². The number of anilines is 1. The van der Waals surface area contributed by atoms with Gasteiger partial charge in [0, 0.05) is 36.0 Å². The summed E-state index contributed by atoms with van der Waals surface area (Å²) < 4.78 is 1.59. The average Bonchev–Trinajstić information content (AvgIpc) is 3.00. The van der Waals surface area contributed by atoms with E-state index in [9.17, 15) is 9.59 Å². The maximum atomic E-state index is 11.9. The summed E-state index contributed by atoms with van der Waals surface area (Å²) in [4.78, 5) is 31.8. The lowest BCUT2D eigenvalue weighted by Crippen LogP contribution is -2.26. The molecule has 3 heterocycles. The molecule has 1 amide bonds. The van der Waals surface area contributed by atoms with Gasteiger partial charge in [-0.3, -0.25) is 14.2 Å². The molecule has 2 aromatic rings. The van der Waals surface area contributed by atoms with Crippen LogP contribution in [0.25, 0.3) is 0 Å². The molecule has 0 spiro atoms. The zero-order valence-electron chi connectivity index (χ0n) is 9.78. The first-order valence-corrected chi connectivity index (χ1v) is 7.50. The van der Waals surface area contributed by atoms with E-state index in [1.54, 1.807) is 16.1 Å². The molecular formula is C11H10N4O2S2. The maximum Gasteiger partial charge on any atom is 0.254 e. The molecule has 1 aliphatic heterocycles. The number of hydrogen-bond acceptors (Lipinski definition) is 6. The predicted molar refractivity (Wildman–Crippen MR) is 73.6 cm³/mol. The lowest BCUT2D eigenvalue weighted by atomic mass is 10.2. The summed E-state index contributed by atoms with van der Waals surface area (Å²) in [6.45, 7) is 0. The fourth-order valence-corrected chi connectivity index (χ4v) is 3.58. The molecule has 19 heavy (non-hydrogen) atoms. The molecule has 0 radical (unpaired) electrons. The molecule has 0 fully saturated rings. The summed E-state index contributed by atoms with van der Waals surface area (Å²) >= 11 is 2.87. The van der Waals surface area contributed by atoms with Gasteiger partial charge in [0.05, 0.1) is 6.04 Å². The molecule has 3 rings (SSSR count). The third kappa shape index (κ3) is 2.54. The first-order chi connectivity index (χ1) is 9.24. The van der Waals surface area contributed by atoms with Crippen molar-refractivity contribution in [3.63, 3.8) is 0 Å². The number of aromatic nitrogens is 3. The van der Waals surface area contributed by atoms with Crippen LogP contribution in [0.15, 0.2) is 33.8 Å². The smallest absolute Gasteiger partial charge is 0.254 e. The summed E-state index contributed by atoms with van der Waals surface area (Å²) in [6, 6.07) is 1.28. The van der Waals surface area contributed by atoms with Gasteiger partial charge in [-0.2, -0.15) is 0 Å². The second-order valence-corrected chi connectivity index (χ2v) is 5.87. The minimum atomic E-state index is -0.138. The first kappa shape index (κ1) is 12.4. The van der Waals surface area contributed by atoms with Crippen molar-refractivity contribution in [2.75, 3.05) is 11.1 Å². The Morgan fingerprint density at radius 3 is 3.16 bits per heavy atom. The number of carbonyl (C=O) groups is 1. The number of amides is 1. The van der Waals surface area contributed by atoms with Gasteiger partial charge in [0.1, 0.15) is 0 Å². The lowest BCUT2D eigenvalue weighted by Gasteiger charge is -2.11. The van der Waals surface area contributed by atoms with Crippen molar-refractivity contribution in [1.82, 2.24) is 14.5 Å². The third-order valence-electron chi connectivity index (χ3n) is 2.72. The summed E-state index contributed by atoms with van der Waals surface area (Å²) in [5.74, 6) is 0.557. The fraction of sp³-hybridized carbons (Fsp3) is 0.273. The predicted octanol–water partition coefficient (Wildman–Crippen LogP) is 1.38. The maximum absolute atomic E-state index is 11.9. The number of rotatable bonds is 3. The average molecular weight is 294 g/mol. The van der Waals surface area contributed by atoms with Crippen molar-refractivity contribution < 1.29 is 4.79 Å². The highest BCUT2D eigenvalue weighted by molar-refractivity contribution is 7.99. The van der Waals surface area contributed by atoms with Crippen molar-refractivity contribution in [3.8, 4) is 0 Å². The van der Waals surface area contributed by atoms with E-state index in [4.69, 9.17) is 0 Å². The van der Waals surface area contributed by atoms with Crippen molar-refractivity contribution in [2.45, 2.75) is 17.6 Å². The van der Waals surface area contributed by atoms with Gasteiger partial charge in [-0.1, -0.05) is 11.8 Å². The summed E-state index contributed by atoms with van der Waals surface area (Å²) in [7, 11) is 0. The summed E-state index contributed by atoms with van der Waals surface area (Å²) in [6.07, 6.45) is 3.39. The number of thiazole rings is 1. The molecule has 2 aromatic heterocycles. The van der Waals surface area contributed by atoms with Gasteiger partial charge < -0.3 is 5.32 Å². The Balaban J connectivity index is 1.73. The number of fused-ring (bicyclic) bond motifs is 1. The molecule has 1 aliphatic rings. The van der Waals surface area contributed by atoms with Crippen LogP contribution >= 0.6 is 23.1 Å². The van der Waals surface area contributed by atoms with E-state index in [0.717, 1.165) is 0 Å². The van der Waals surface area contributed by atoms with Gasteiger partial charge >= 0.3 is 0 Å². The van der Waals surface area contributed by atoms with E-state index in [1.807, 2.05) is 0 Å². The minimum Gasteiger partial charge on any atom is -0.302 e. The van der Waals surface area contributed by atoms with E-state index >= 15 is 0 Å². The van der Waals surface area contributed by atoms with Crippen molar-refractivity contribution in [1.29, 1.82) is 0 Å². The normalized spacial score (nSPS) is 17.2. The standard InChI is InChI=1S/C11H10N4O2S2/c16-8(14-10-12-3-4-18-10)5-7-6-19-11-13-2-1-9(17)15(7)11/h1-4,7H,5-6H2,(H,12,14,16)/t7-/m1/s1. The Morgan fingerprint density at radius 2 is 2.37 bits per heavy atom. The van der Waals surface area contributed by atoms with Gasteiger partial charge in [0.2, 0.25) is 5.91 Å². The number of carbonyl (C=O) groups excluding carboxylic acids is 1. The third-order valence-corrected chi connectivity index (χ3v) is 4.52. The largest absolute Gasteiger partial charge is 0.302 e. The Bertz CT molecular complexity index is 653. The monoisotopic (exact) mass is 294 g/mol. The van der Waals surface area contributed by atoms with Gasteiger partial charge in [0.15, 0.2) is 10.3 Å². The van der Waals surface area contributed by atoms with E-state index in [2.05, 4.69) is 15.3 Å². The van der Waals surface area contributed by atoms with Crippen LogP contribution in [-0.4, -0.2) is 26.2 Å². The fourth-order valence-electron chi connectivity index (χ4n) is 1.91. The highest BCUT2D eigenvalue weighted by atomic mass is 32.2. The Hall–Kier alpha value is -1.67. The Labute approximate surface area is 116 Å². The number of nitrogens with one attached hydrogen (secondary N) is 1. The van der Waals surface area contributed by atoms with Crippen LogP contribution < -0.4 is 10.9 Å². The van der Waals surface area contributed by atoms with E-state index in [1.165, 1.54) is 35.4 Å². The molecule has 6 nitrogen and oxygen atoms in total. The van der Waals surface area contributed by atoms with Crippen molar-refractivity contribution in [2.24, 2.45) is 0 Å². The number of nitrogens with zero attached hydrogens (tertiary/aromatic N) is 3. The lowest BCUT2D eigenvalue weighted by molar-refractivity contribution is -0.116. The first-order valence-electron chi connectivity index (χ1n) is 5.64. The second kappa shape index (κ2) is 5.14. The van der Waals surface area contributed by atoms with Crippen LogP contribution in [0.5, 0.6) is 0 Å². The van der Waals surface area contributed by atoms with Crippen LogP contribution in [0.1, 0.15) is 12.5 Å². The molecule has 1 atom stereocenters. The quantitative estimate of drug-likeness (QED) is 0.865. The van der Waals surface area contributed by atoms with Gasteiger partial charge in [-0.15, -0.1) is 11.3 Å². The van der Waals surface area contributed by atoms with Crippen molar-refractivity contribution >= 4 is 34.1 Å². The molecule has 0 saturated carbocycles. The van der Waals surface area contributed by atoms with E-state index < -0.39 is 0 Å². The molecule has 0 aliphatic carbocycles. The SMILES string of the molecule is O=C(C[C@@H]1CSc2nccc(=O)n21)Nc1nccs1. The van der Waals surface area contributed by atoms with E-state index in [-0.39, 0.29) is 23.9 Å². The van der Waals surface area contributed by atoms with Crippen LogP contribution in [-0.2, 0) is 4.79 Å². The van der Waals surface area contributed by atoms with Crippen LogP contribution in [0, 0.1) is 0 Å². The molecule has 0 bridgehead atoms. The van der Waals surface area contributed by atoms with Crippen LogP contribution in [0.4, 0.5) is 5.13 Å². The summed E-state index contributed by atoms with van der Waals surface area (Å²) in [5.41, 5.74) is -0.109. The zero-order valence-corrected chi connectivity index (χ0v) is 11.4. The Kier molecular flexibility index (Phi) is 3.34. The Morgan fingerprint density at radius 1 is 1.47 bits per heavy atom. The van der Waals surface area contributed by atoms with Gasteiger partial charge in [0.25, 0.3) is 5.56 Å². The molecule has 1 N–H and O–H groups in total. The number of thioether (sulfide) groups is 1. The minimum absolute atomic E-state index is 0.109. The van der Waals surface area contributed by atoms with Gasteiger partial charge in [-0.05, 0) is 0 Å². The topological polar surface area (TPSA) is 76.9 Å². The highest BCUT2D eigenvalue weighted by Gasteiger charge is 2.26. The molecule has 0 unspecified atom stereocenters. The van der Waals surface area contributed by atoms with Crippen LogP contribution in [0.2, 0.25) is 0 Å². The summed E-state index contributed by atoms with van der Waals surface area (Å²) in [5, 5.41) is 5.78. The molecule has 8 heteroatoms. The second-order valence-electron chi connectivity index (χ2n) is 3.99.